The van der Waals surface area contributed by atoms with Crippen molar-refractivity contribution in [1.82, 2.24) is 0 Å². The Labute approximate surface area is 222 Å². The van der Waals surface area contributed by atoms with Crippen LogP contribution in [0.1, 0.15) is 84.5 Å². The summed E-state index contributed by atoms with van der Waals surface area (Å²) in [7, 11) is -1.01. The summed E-state index contributed by atoms with van der Waals surface area (Å²) in [5.41, 5.74) is -2.71. The number of hydrogen-bond acceptors (Lipinski definition) is 7. The van der Waals surface area contributed by atoms with Crippen LogP contribution < -0.4 is 4.74 Å². The molecule has 0 heterocycles. The van der Waals surface area contributed by atoms with E-state index in [9.17, 15) is 14.5 Å². The number of carboxylic acid groups (broad SMARTS) is 1. The standard InChI is InChI=1S/C27H45O7PS/c1-3-4-5-13-21-36-22-14-8-6-7-12-18-25(34-24-16-10-9-11-17-24)23(2)32-19-15-20-33-27(30,35-31)26(28)29/h9-11,16-17,23,25,30H,3-8,12-15,18-22H2,1-2H3,(H,28,29). The first-order chi connectivity index (χ1) is 17.4. The topological polar surface area (TPSA) is 102 Å². The zero-order valence-electron chi connectivity index (χ0n) is 21.9. The molecular weight excluding hydrogens is 499 g/mol. The quantitative estimate of drug-likeness (QED) is 0.0821. The van der Waals surface area contributed by atoms with Crippen molar-refractivity contribution < 1.29 is 33.8 Å². The highest BCUT2D eigenvalue weighted by Gasteiger charge is 2.38. The van der Waals surface area contributed by atoms with Gasteiger partial charge in [0.1, 0.15) is 11.9 Å². The van der Waals surface area contributed by atoms with Crippen LogP contribution in [0.2, 0.25) is 0 Å². The molecule has 0 aromatic heterocycles. The van der Waals surface area contributed by atoms with Crippen LogP contribution in [0.4, 0.5) is 0 Å². The minimum Gasteiger partial charge on any atom is -0.488 e. The lowest BCUT2D eigenvalue weighted by atomic mass is 10.0. The van der Waals surface area contributed by atoms with Gasteiger partial charge in [0.05, 0.1) is 12.7 Å². The van der Waals surface area contributed by atoms with Gasteiger partial charge in [0, 0.05) is 6.61 Å². The van der Waals surface area contributed by atoms with Gasteiger partial charge in [-0.3, -0.25) is 4.57 Å². The summed E-state index contributed by atoms with van der Waals surface area (Å²) in [5, 5.41) is 18.5. The van der Waals surface area contributed by atoms with Gasteiger partial charge in [-0.1, -0.05) is 63.6 Å². The van der Waals surface area contributed by atoms with E-state index in [4.69, 9.17) is 19.3 Å². The van der Waals surface area contributed by atoms with Crippen LogP contribution in [0, 0.1) is 0 Å². The molecule has 1 rings (SSSR count). The van der Waals surface area contributed by atoms with Gasteiger partial charge in [0.2, 0.25) is 8.46 Å². The molecule has 0 saturated carbocycles. The Bertz CT molecular complexity index is 694. The normalized spacial score (nSPS) is 14.9. The smallest absolute Gasteiger partial charge is 0.377 e. The number of benzene rings is 1. The van der Waals surface area contributed by atoms with Crippen LogP contribution in [0.5, 0.6) is 5.75 Å². The third-order valence-corrected chi connectivity index (χ3v) is 7.57. The summed E-state index contributed by atoms with van der Waals surface area (Å²) in [5.74, 6) is 1.67. The van der Waals surface area contributed by atoms with Crippen molar-refractivity contribution in [3.05, 3.63) is 30.3 Å². The van der Waals surface area contributed by atoms with Crippen LogP contribution >= 0.6 is 20.2 Å². The molecule has 1 aromatic carbocycles. The number of aliphatic carboxylic acids is 1. The Morgan fingerprint density at radius 3 is 2.25 bits per heavy atom. The lowest BCUT2D eigenvalue weighted by Gasteiger charge is -2.26. The first-order valence-electron chi connectivity index (χ1n) is 13.3. The van der Waals surface area contributed by atoms with E-state index >= 15 is 0 Å². The fraction of sp³-hybridized carbons (Fsp3) is 0.741. The largest absolute Gasteiger partial charge is 0.488 e. The SMILES string of the molecule is CCCCCCSCCCCCCCC(Oc1ccccc1)C(C)OCCCOC(O)(P=O)C(=O)O. The van der Waals surface area contributed by atoms with Crippen molar-refractivity contribution in [2.75, 3.05) is 24.7 Å². The van der Waals surface area contributed by atoms with Gasteiger partial charge in [-0.2, -0.15) is 11.8 Å². The van der Waals surface area contributed by atoms with E-state index in [1.165, 1.54) is 62.9 Å². The van der Waals surface area contributed by atoms with E-state index in [1.807, 2.05) is 37.3 Å². The zero-order valence-corrected chi connectivity index (χ0v) is 23.7. The highest BCUT2D eigenvalue weighted by atomic mass is 32.2. The first-order valence-corrected chi connectivity index (χ1v) is 15.2. The van der Waals surface area contributed by atoms with Crippen molar-refractivity contribution >= 4 is 26.2 Å². The minimum atomic E-state index is -2.71. The second kappa shape index (κ2) is 20.8. The van der Waals surface area contributed by atoms with E-state index in [0.29, 0.717) is 13.0 Å². The molecule has 0 aliphatic rings. The molecular formula is C27H45O7PS. The van der Waals surface area contributed by atoms with E-state index in [-0.39, 0.29) is 18.8 Å². The van der Waals surface area contributed by atoms with Crippen molar-refractivity contribution in [2.24, 2.45) is 0 Å². The molecule has 7 nitrogen and oxygen atoms in total. The maximum atomic E-state index is 10.9. The molecule has 0 aliphatic heterocycles. The van der Waals surface area contributed by atoms with Gasteiger partial charge in [0.25, 0.3) is 0 Å². The number of aliphatic hydroxyl groups is 1. The van der Waals surface area contributed by atoms with Crippen LogP contribution in [0.3, 0.4) is 0 Å². The summed E-state index contributed by atoms with van der Waals surface area (Å²) < 4.78 is 27.8. The van der Waals surface area contributed by atoms with Crippen LogP contribution in [0.15, 0.2) is 30.3 Å². The van der Waals surface area contributed by atoms with Crippen molar-refractivity contribution in [1.29, 1.82) is 0 Å². The minimum absolute atomic E-state index is 0.0913. The lowest BCUT2D eigenvalue weighted by molar-refractivity contribution is -0.190. The Balaban J connectivity index is 2.30. The molecule has 3 unspecified atom stereocenters. The van der Waals surface area contributed by atoms with Gasteiger partial charge in [-0.05, 0) is 62.7 Å². The molecule has 0 amide bonds. The molecule has 1 aromatic rings. The number of carboxylic acids is 1. The molecule has 0 bridgehead atoms. The van der Waals surface area contributed by atoms with Gasteiger partial charge in [-0.25, -0.2) is 4.79 Å². The summed E-state index contributed by atoms with van der Waals surface area (Å²) in [6.07, 6.45) is 12.3. The van der Waals surface area contributed by atoms with Crippen LogP contribution in [0.25, 0.3) is 0 Å². The molecule has 9 heteroatoms. The summed E-state index contributed by atoms with van der Waals surface area (Å²) in [6, 6.07) is 9.70. The zero-order chi connectivity index (χ0) is 26.5. The fourth-order valence-electron chi connectivity index (χ4n) is 3.65. The number of unbranched alkanes of at least 4 members (excludes halogenated alkanes) is 7. The van der Waals surface area contributed by atoms with Gasteiger partial charge < -0.3 is 24.4 Å². The molecule has 0 saturated heterocycles. The molecule has 0 aliphatic carbocycles. The third kappa shape index (κ3) is 15.2. The Morgan fingerprint density at radius 2 is 1.61 bits per heavy atom. The monoisotopic (exact) mass is 544 g/mol. The number of carbonyl (C=O) groups is 1. The molecule has 0 radical (unpaired) electrons. The highest BCUT2D eigenvalue weighted by molar-refractivity contribution is 7.99. The molecule has 3 atom stereocenters. The van der Waals surface area contributed by atoms with Crippen molar-refractivity contribution in [3.63, 3.8) is 0 Å². The van der Waals surface area contributed by atoms with Gasteiger partial charge in [0.15, 0.2) is 0 Å². The van der Waals surface area contributed by atoms with Crippen molar-refractivity contribution in [3.8, 4) is 5.75 Å². The van der Waals surface area contributed by atoms with E-state index in [1.54, 1.807) is 0 Å². The Morgan fingerprint density at radius 1 is 0.972 bits per heavy atom. The molecule has 0 fully saturated rings. The highest BCUT2D eigenvalue weighted by Crippen LogP contribution is 2.22. The van der Waals surface area contributed by atoms with Gasteiger partial charge in [-0.15, -0.1) is 0 Å². The molecule has 0 spiro atoms. The second-order valence-electron chi connectivity index (χ2n) is 8.98. The fourth-order valence-corrected chi connectivity index (χ4v) is 4.90. The molecule has 36 heavy (non-hydrogen) atoms. The Hall–Kier alpha value is -1.18. The predicted octanol–water partition coefficient (Wildman–Crippen LogP) is 6.92. The number of hydrogen-bond donors (Lipinski definition) is 2. The second-order valence-corrected chi connectivity index (χ2v) is 11.0. The average Bonchev–Trinajstić information content (AvgIpc) is 2.88. The van der Waals surface area contributed by atoms with E-state index < -0.39 is 20.0 Å². The van der Waals surface area contributed by atoms with E-state index in [0.717, 1.165) is 18.6 Å². The first kappa shape index (κ1) is 32.8. The summed E-state index contributed by atoms with van der Waals surface area (Å²) in [4.78, 5) is 10.9. The van der Waals surface area contributed by atoms with E-state index in [2.05, 4.69) is 18.7 Å². The maximum absolute atomic E-state index is 10.9. The lowest BCUT2D eigenvalue weighted by Crippen LogP contribution is -2.36. The van der Waals surface area contributed by atoms with Crippen molar-refractivity contribution in [2.45, 2.75) is 102 Å². The number of thioether (sulfide) groups is 1. The molecule has 206 valence electrons. The Kier molecular flexibility index (Phi) is 19.0. The van der Waals surface area contributed by atoms with Crippen LogP contribution in [-0.2, 0) is 18.8 Å². The van der Waals surface area contributed by atoms with Gasteiger partial charge >= 0.3 is 11.5 Å². The van der Waals surface area contributed by atoms with Crippen LogP contribution in [-0.4, -0.2) is 58.6 Å². The molecule has 2 N–H and O–H groups in total. The number of rotatable bonds is 24. The maximum Gasteiger partial charge on any atom is 0.377 e. The number of para-hydroxylation sites is 1. The predicted molar refractivity (Wildman–Crippen MR) is 146 cm³/mol. The average molecular weight is 545 g/mol. The summed E-state index contributed by atoms with van der Waals surface area (Å²) in [6.45, 7) is 4.43. The third-order valence-electron chi connectivity index (χ3n) is 5.85. The number of ether oxygens (including phenoxy) is 3. The summed E-state index contributed by atoms with van der Waals surface area (Å²) >= 11 is 2.09.